The van der Waals surface area contributed by atoms with Crippen molar-refractivity contribution in [1.29, 1.82) is 0 Å². The van der Waals surface area contributed by atoms with Crippen molar-refractivity contribution >= 4 is 17.4 Å². The van der Waals surface area contributed by atoms with Crippen LogP contribution in [0.15, 0.2) is 29.8 Å². The van der Waals surface area contributed by atoms with E-state index in [1.54, 1.807) is 0 Å². The van der Waals surface area contributed by atoms with Gasteiger partial charge in [0, 0.05) is 11.4 Å². The lowest BCUT2D eigenvalue weighted by Crippen LogP contribution is -2.03. The molecule has 0 bridgehead atoms. The van der Waals surface area contributed by atoms with Crippen LogP contribution in [0.2, 0.25) is 5.02 Å². The lowest BCUT2D eigenvalue weighted by atomic mass is 9.93. The van der Waals surface area contributed by atoms with Crippen LogP contribution in [-0.2, 0) is 11.2 Å². The van der Waals surface area contributed by atoms with Gasteiger partial charge >= 0.3 is 0 Å². The monoisotopic (exact) mass is 262 g/mol. The molecule has 1 saturated carbocycles. The Morgan fingerprint density at radius 2 is 2.00 bits per heavy atom. The summed E-state index contributed by atoms with van der Waals surface area (Å²) in [5.41, 5.74) is 3.37. The van der Waals surface area contributed by atoms with E-state index in [4.69, 9.17) is 11.6 Å². The number of carbonyl (C=O) groups excluding carboxylic acids is 1. The maximum Gasteiger partial charge on any atom is 0.160 e. The molecule has 0 saturated heterocycles. The van der Waals surface area contributed by atoms with Gasteiger partial charge in [-0.1, -0.05) is 35.7 Å². The topological polar surface area (TPSA) is 17.1 Å². The Kier molecular flexibility index (Phi) is 4.60. The van der Waals surface area contributed by atoms with Gasteiger partial charge in [-0.3, -0.25) is 4.79 Å². The molecule has 2 heteroatoms. The van der Waals surface area contributed by atoms with Crippen LogP contribution in [-0.4, -0.2) is 5.78 Å². The van der Waals surface area contributed by atoms with E-state index in [0.717, 1.165) is 24.0 Å². The number of allylic oxidation sites excluding steroid dienone is 2. The fraction of sp³-hybridized carbons (Fsp3) is 0.438. The van der Waals surface area contributed by atoms with Crippen LogP contribution in [0.3, 0.4) is 0 Å². The minimum Gasteiger partial charge on any atom is -0.294 e. The first kappa shape index (κ1) is 13.4. The highest BCUT2D eigenvalue weighted by Gasteiger charge is 2.09. The summed E-state index contributed by atoms with van der Waals surface area (Å²) in [6.45, 7) is 2.00. The number of ketones is 1. The maximum atomic E-state index is 12.0. The quantitative estimate of drug-likeness (QED) is 0.725. The second-order valence-electron chi connectivity index (χ2n) is 5.10. The summed E-state index contributed by atoms with van der Waals surface area (Å²) in [5.74, 6) is 0.178. The normalized spacial score (nSPS) is 15.6. The molecular weight excluding hydrogens is 244 g/mol. The highest BCUT2D eigenvalue weighted by atomic mass is 35.5. The number of carbonyl (C=O) groups is 1. The lowest BCUT2D eigenvalue weighted by Gasteiger charge is -2.13. The number of benzene rings is 1. The van der Waals surface area contributed by atoms with Gasteiger partial charge in [0.05, 0.1) is 0 Å². The minimum absolute atomic E-state index is 0.178. The molecule has 1 aliphatic rings. The van der Waals surface area contributed by atoms with Crippen LogP contribution in [0.4, 0.5) is 0 Å². The summed E-state index contributed by atoms with van der Waals surface area (Å²) in [7, 11) is 0. The van der Waals surface area contributed by atoms with Crippen LogP contribution >= 0.6 is 11.6 Å². The van der Waals surface area contributed by atoms with E-state index in [1.165, 1.54) is 24.8 Å². The molecule has 0 spiro atoms. The molecule has 1 fully saturated rings. The van der Waals surface area contributed by atoms with E-state index >= 15 is 0 Å². The number of rotatable bonds is 3. The SMILES string of the molecule is Cc1ccc(CC(=O)C=C2CCCCC2)c(Cl)c1. The van der Waals surface area contributed by atoms with E-state index in [9.17, 15) is 4.79 Å². The van der Waals surface area contributed by atoms with Gasteiger partial charge in [-0.2, -0.15) is 0 Å². The molecular formula is C16H19ClO. The molecule has 1 nitrogen and oxygen atoms in total. The molecule has 0 aromatic heterocycles. The first-order chi connectivity index (χ1) is 8.65. The molecule has 1 aromatic carbocycles. The summed E-state index contributed by atoms with van der Waals surface area (Å²) in [6, 6.07) is 5.87. The zero-order valence-corrected chi connectivity index (χ0v) is 11.6. The van der Waals surface area contributed by atoms with Gasteiger partial charge in [-0.15, -0.1) is 0 Å². The summed E-state index contributed by atoms with van der Waals surface area (Å²) in [5, 5.41) is 0.699. The van der Waals surface area contributed by atoms with Crippen LogP contribution < -0.4 is 0 Å². The standard InChI is InChI=1S/C16H19ClO/c1-12-7-8-14(16(17)9-12)11-15(18)10-13-5-3-2-4-6-13/h7-10H,2-6,11H2,1H3. The first-order valence-electron chi connectivity index (χ1n) is 6.62. The summed E-state index contributed by atoms with van der Waals surface area (Å²) in [4.78, 5) is 12.0. The summed E-state index contributed by atoms with van der Waals surface area (Å²) in [6.07, 6.45) is 8.20. The van der Waals surface area contributed by atoms with Gasteiger partial charge in [0.2, 0.25) is 0 Å². The van der Waals surface area contributed by atoms with Crippen molar-refractivity contribution in [3.63, 3.8) is 0 Å². The Morgan fingerprint density at radius 3 is 2.67 bits per heavy atom. The Morgan fingerprint density at radius 1 is 1.28 bits per heavy atom. The van der Waals surface area contributed by atoms with Crippen LogP contribution in [0, 0.1) is 6.92 Å². The molecule has 0 unspecified atom stereocenters. The molecule has 1 aliphatic carbocycles. The summed E-state index contributed by atoms with van der Waals surface area (Å²) < 4.78 is 0. The Bertz CT molecular complexity index is 466. The Balaban J connectivity index is 2.02. The van der Waals surface area contributed by atoms with Gasteiger partial charge in [0.1, 0.15) is 0 Å². The largest absolute Gasteiger partial charge is 0.294 e. The van der Waals surface area contributed by atoms with Crippen molar-refractivity contribution in [1.82, 2.24) is 0 Å². The fourth-order valence-corrected chi connectivity index (χ4v) is 2.71. The third-order valence-corrected chi connectivity index (χ3v) is 3.79. The van der Waals surface area contributed by atoms with Crippen molar-refractivity contribution in [2.75, 3.05) is 0 Å². The van der Waals surface area contributed by atoms with E-state index in [2.05, 4.69) is 0 Å². The molecule has 0 radical (unpaired) electrons. The predicted octanol–water partition coefficient (Wildman–Crippen LogP) is 4.65. The average molecular weight is 263 g/mol. The van der Waals surface area contributed by atoms with Gasteiger partial charge in [0.15, 0.2) is 5.78 Å². The molecule has 0 aliphatic heterocycles. The summed E-state index contributed by atoms with van der Waals surface area (Å²) >= 11 is 6.14. The predicted molar refractivity (Wildman–Crippen MR) is 76.1 cm³/mol. The highest BCUT2D eigenvalue weighted by molar-refractivity contribution is 6.31. The maximum absolute atomic E-state index is 12.0. The van der Waals surface area contributed by atoms with Crippen molar-refractivity contribution < 1.29 is 4.79 Å². The lowest BCUT2D eigenvalue weighted by molar-refractivity contribution is -0.114. The Hall–Kier alpha value is -1.08. The molecule has 0 heterocycles. The zero-order chi connectivity index (χ0) is 13.0. The Labute approximate surface area is 114 Å². The van der Waals surface area contributed by atoms with Crippen molar-refractivity contribution in [3.8, 4) is 0 Å². The van der Waals surface area contributed by atoms with Gasteiger partial charge in [-0.05, 0) is 55.9 Å². The molecule has 0 N–H and O–H groups in total. The smallest absolute Gasteiger partial charge is 0.160 e. The van der Waals surface area contributed by atoms with E-state index < -0.39 is 0 Å². The van der Waals surface area contributed by atoms with Crippen molar-refractivity contribution in [2.24, 2.45) is 0 Å². The highest BCUT2D eigenvalue weighted by Crippen LogP contribution is 2.23. The molecule has 96 valence electrons. The number of hydrogen-bond donors (Lipinski definition) is 0. The molecule has 0 amide bonds. The third-order valence-electron chi connectivity index (χ3n) is 3.43. The van der Waals surface area contributed by atoms with Crippen molar-refractivity contribution in [3.05, 3.63) is 46.0 Å². The number of aryl methyl sites for hydroxylation is 1. The molecule has 1 aromatic rings. The van der Waals surface area contributed by atoms with Gasteiger partial charge in [-0.25, -0.2) is 0 Å². The van der Waals surface area contributed by atoms with E-state index in [-0.39, 0.29) is 5.78 Å². The van der Waals surface area contributed by atoms with Crippen LogP contribution in [0.5, 0.6) is 0 Å². The third kappa shape index (κ3) is 3.71. The van der Waals surface area contributed by atoms with Gasteiger partial charge < -0.3 is 0 Å². The second kappa shape index (κ2) is 6.19. The molecule has 18 heavy (non-hydrogen) atoms. The zero-order valence-electron chi connectivity index (χ0n) is 10.8. The first-order valence-corrected chi connectivity index (χ1v) is 7.00. The van der Waals surface area contributed by atoms with E-state index in [0.29, 0.717) is 11.4 Å². The fourth-order valence-electron chi connectivity index (χ4n) is 2.41. The van der Waals surface area contributed by atoms with Crippen LogP contribution in [0.25, 0.3) is 0 Å². The van der Waals surface area contributed by atoms with Gasteiger partial charge in [0.25, 0.3) is 0 Å². The molecule has 0 atom stereocenters. The van der Waals surface area contributed by atoms with Crippen LogP contribution in [0.1, 0.15) is 43.2 Å². The number of halogens is 1. The van der Waals surface area contributed by atoms with E-state index in [1.807, 2.05) is 31.2 Å². The molecule has 2 rings (SSSR count). The average Bonchev–Trinajstić information content (AvgIpc) is 2.34. The van der Waals surface area contributed by atoms with Crippen molar-refractivity contribution in [2.45, 2.75) is 45.4 Å². The minimum atomic E-state index is 0.178. The second-order valence-corrected chi connectivity index (χ2v) is 5.51. The number of hydrogen-bond acceptors (Lipinski definition) is 1.